The van der Waals surface area contributed by atoms with Gasteiger partial charge < -0.3 is 18.6 Å². The number of rotatable bonds is 16. The molecule has 0 atom stereocenters. The molecule has 4 aromatic carbocycles. The Bertz CT molecular complexity index is 2640. The first kappa shape index (κ1) is 45.1. The molecule has 0 bridgehead atoms. The van der Waals surface area contributed by atoms with Crippen LogP contribution in [-0.2, 0) is 33.1 Å². The molecule has 0 N–H and O–H groups in total. The molecular formula is C42H40F4N8O6S2. The summed E-state index contributed by atoms with van der Waals surface area (Å²) in [5.74, 6) is -1.59. The maximum Gasteiger partial charge on any atom is 0.314 e. The normalized spacial score (nSPS) is 13.6. The van der Waals surface area contributed by atoms with Crippen molar-refractivity contribution in [2.24, 2.45) is 0 Å². The number of piperidine rings is 1. The number of benzene rings is 4. The predicted octanol–water partition coefficient (Wildman–Crippen LogP) is 8.55. The first-order valence-corrected chi connectivity index (χ1v) is 22.1. The van der Waals surface area contributed by atoms with Gasteiger partial charge in [-0.1, -0.05) is 67.2 Å². The fourth-order valence-electron chi connectivity index (χ4n) is 6.30. The van der Waals surface area contributed by atoms with Crippen LogP contribution in [0.25, 0.3) is 27.8 Å². The summed E-state index contributed by atoms with van der Waals surface area (Å²) in [4.78, 5) is 5.68. The van der Waals surface area contributed by atoms with Gasteiger partial charge in [0.15, 0.2) is 0 Å². The van der Waals surface area contributed by atoms with E-state index in [0.29, 0.717) is 40.2 Å². The summed E-state index contributed by atoms with van der Waals surface area (Å²) in [5, 5.41) is 14.7. The SMILES string of the molecule is C=CS(=O)(=O)N(Cc1ccc(-c2nnc(C(F)F)o2)cc1)c1ccccc1.[C-]#[N+]C1CCN(CCS(=O)(=O)N(Cc2ccc(-c3nnc(C(F)F)o3)cc2)c2ccccc2)CC1. The lowest BCUT2D eigenvalue weighted by atomic mass is 10.1. The monoisotopic (exact) mass is 892 g/mol. The second-order valence-electron chi connectivity index (χ2n) is 13.8. The zero-order valence-electron chi connectivity index (χ0n) is 32.9. The summed E-state index contributed by atoms with van der Waals surface area (Å²) in [7, 11) is -7.36. The van der Waals surface area contributed by atoms with Crippen LogP contribution in [0.15, 0.2) is 130 Å². The summed E-state index contributed by atoms with van der Waals surface area (Å²) in [6.45, 7) is 12.6. The maximum absolute atomic E-state index is 13.4. The Morgan fingerprint density at radius 1 is 0.694 bits per heavy atom. The number of aromatic nitrogens is 4. The Morgan fingerprint density at radius 3 is 1.53 bits per heavy atom. The molecule has 324 valence electrons. The largest absolute Gasteiger partial charge is 0.415 e. The molecule has 0 amide bonds. The molecule has 20 heteroatoms. The number of sulfonamides is 2. The van der Waals surface area contributed by atoms with E-state index in [1.165, 1.54) is 8.61 Å². The molecule has 1 aliphatic heterocycles. The molecule has 0 spiro atoms. The van der Waals surface area contributed by atoms with Crippen molar-refractivity contribution in [1.29, 1.82) is 0 Å². The zero-order chi connectivity index (χ0) is 44.3. The van der Waals surface area contributed by atoms with Crippen LogP contribution in [0.3, 0.4) is 0 Å². The van der Waals surface area contributed by atoms with Gasteiger partial charge in [-0.15, -0.1) is 20.4 Å². The Kier molecular flexibility index (Phi) is 14.9. The van der Waals surface area contributed by atoms with E-state index in [9.17, 15) is 34.4 Å². The Labute approximate surface area is 356 Å². The van der Waals surface area contributed by atoms with Crippen molar-refractivity contribution in [2.75, 3.05) is 34.0 Å². The molecule has 2 aromatic heterocycles. The maximum atomic E-state index is 13.4. The van der Waals surface area contributed by atoms with E-state index in [-0.39, 0.29) is 36.7 Å². The number of halogens is 4. The molecule has 0 radical (unpaired) electrons. The highest BCUT2D eigenvalue weighted by Gasteiger charge is 2.28. The zero-order valence-corrected chi connectivity index (χ0v) is 34.6. The molecule has 0 unspecified atom stereocenters. The summed E-state index contributed by atoms with van der Waals surface area (Å²) in [5.41, 5.74) is 3.37. The van der Waals surface area contributed by atoms with Crippen LogP contribution >= 0.6 is 0 Å². The lowest BCUT2D eigenvalue weighted by Gasteiger charge is -2.29. The van der Waals surface area contributed by atoms with Crippen LogP contribution in [0, 0.1) is 6.57 Å². The number of alkyl halides is 4. The summed E-state index contributed by atoms with van der Waals surface area (Å²) in [6, 6.07) is 30.7. The van der Waals surface area contributed by atoms with Crippen molar-refractivity contribution >= 4 is 31.4 Å². The minimum absolute atomic E-state index is 0.0265. The average molecular weight is 893 g/mol. The third-order valence-electron chi connectivity index (χ3n) is 9.66. The van der Waals surface area contributed by atoms with Gasteiger partial charge in [-0.05, 0) is 59.7 Å². The van der Waals surface area contributed by atoms with Gasteiger partial charge in [0.25, 0.3) is 21.8 Å². The van der Waals surface area contributed by atoms with E-state index in [1.807, 2.05) is 6.07 Å². The van der Waals surface area contributed by atoms with Crippen molar-refractivity contribution in [1.82, 2.24) is 25.3 Å². The molecule has 62 heavy (non-hydrogen) atoms. The second kappa shape index (κ2) is 20.4. The minimum Gasteiger partial charge on any atom is -0.415 e. The van der Waals surface area contributed by atoms with Crippen LogP contribution in [-0.4, -0.2) is 73.6 Å². The third-order valence-corrected chi connectivity index (χ3v) is 12.7. The molecular weight excluding hydrogens is 853 g/mol. The highest BCUT2D eigenvalue weighted by Crippen LogP contribution is 2.28. The number of para-hydroxylation sites is 2. The molecule has 14 nitrogen and oxygen atoms in total. The molecule has 0 aliphatic carbocycles. The molecule has 7 rings (SSSR count). The number of nitrogens with zero attached hydrogens (tertiary/aromatic N) is 8. The first-order chi connectivity index (χ1) is 29.8. The van der Waals surface area contributed by atoms with Crippen LogP contribution in [0.5, 0.6) is 0 Å². The highest BCUT2D eigenvalue weighted by atomic mass is 32.2. The Balaban J connectivity index is 0.000000214. The average Bonchev–Trinajstić information content (AvgIpc) is 4.00. The standard InChI is InChI=1S/C24H25F2N5O3S.C18H15F2N3O3S/c1-27-20-11-13-30(14-12-20)15-16-35(32,33)31(21-5-3-2-4-6-21)17-18-7-9-19(10-8-18)23-28-29-24(34-23)22(25)26;1-2-27(24,25)23(15-6-4-3-5-7-15)12-13-8-10-14(11-9-13)17-21-22-18(26-17)16(19)20/h2-10,20,22H,11-17H2;2-11,16H,1,12H2. The summed E-state index contributed by atoms with van der Waals surface area (Å²) in [6.07, 6.45) is -4.16. The smallest absolute Gasteiger partial charge is 0.314 e. The highest BCUT2D eigenvalue weighted by molar-refractivity contribution is 7.95. The van der Waals surface area contributed by atoms with Crippen molar-refractivity contribution < 1.29 is 43.2 Å². The minimum atomic E-state index is -3.71. The van der Waals surface area contributed by atoms with Gasteiger partial charge in [0, 0.05) is 49.0 Å². The van der Waals surface area contributed by atoms with Gasteiger partial charge in [-0.25, -0.2) is 23.4 Å². The summed E-state index contributed by atoms with van der Waals surface area (Å²) < 4.78 is 115. The van der Waals surface area contributed by atoms with E-state index in [4.69, 9.17) is 15.4 Å². The van der Waals surface area contributed by atoms with Gasteiger partial charge in [0.05, 0.1) is 30.2 Å². The van der Waals surface area contributed by atoms with Crippen LogP contribution in [0.1, 0.15) is 48.6 Å². The van der Waals surface area contributed by atoms with Crippen molar-refractivity contribution in [3.05, 3.63) is 156 Å². The van der Waals surface area contributed by atoms with Gasteiger partial charge in [-0.2, -0.15) is 17.6 Å². The van der Waals surface area contributed by atoms with E-state index >= 15 is 0 Å². The van der Waals surface area contributed by atoms with Gasteiger partial charge in [0.1, 0.15) is 0 Å². The van der Waals surface area contributed by atoms with E-state index in [0.717, 1.165) is 31.3 Å². The first-order valence-electron chi connectivity index (χ1n) is 19.0. The Morgan fingerprint density at radius 2 is 1.13 bits per heavy atom. The number of likely N-dealkylation sites (tertiary alicyclic amines) is 1. The lowest BCUT2D eigenvalue weighted by Crippen LogP contribution is -2.41. The lowest BCUT2D eigenvalue weighted by molar-refractivity contribution is 0.115. The van der Waals surface area contributed by atoms with Gasteiger partial charge in [0.2, 0.25) is 27.8 Å². The molecule has 6 aromatic rings. The van der Waals surface area contributed by atoms with Gasteiger partial charge >= 0.3 is 12.9 Å². The summed E-state index contributed by atoms with van der Waals surface area (Å²) >= 11 is 0. The quantitative estimate of drug-likeness (QED) is 0.0677. The molecule has 1 saturated heterocycles. The third kappa shape index (κ3) is 11.7. The van der Waals surface area contributed by atoms with E-state index in [1.54, 1.807) is 103 Å². The second-order valence-corrected chi connectivity index (χ2v) is 17.6. The number of anilines is 2. The fourth-order valence-corrected chi connectivity index (χ4v) is 8.72. The topological polar surface area (TPSA) is 160 Å². The van der Waals surface area contributed by atoms with Gasteiger partial charge in [-0.3, -0.25) is 8.61 Å². The van der Waals surface area contributed by atoms with Crippen molar-refractivity contribution in [3.8, 4) is 22.9 Å². The fraction of sp³-hybridized carbons (Fsp3) is 0.262. The number of hydrogen-bond acceptors (Lipinski definition) is 11. The molecule has 3 heterocycles. The predicted molar refractivity (Wildman–Crippen MR) is 224 cm³/mol. The van der Waals surface area contributed by atoms with Crippen LogP contribution < -0.4 is 8.61 Å². The van der Waals surface area contributed by atoms with Crippen molar-refractivity contribution in [2.45, 2.75) is 44.8 Å². The molecule has 1 aliphatic rings. The van der Waals surface area contributed by atoms with Crippen molar-refractivity contribution in [3.63, 3.8) is 0 Å². The van der Waals surface area contributed by atoms with Crippen LogP contribution in [0.4, 0.5) is 28.9 Å². The molecule has 1 fully saturated rings. The Hall–Kier alpha value is -6.43. The molecule has 0 saturated carbocycles. The number of hydrogen-bond donors (Lipinski definition) is 0. The van der Waals surface area contributed by atoms with Crippen LogP contribution in [0.2, 0.25) is 0 Å². The van der Waals surface area contributed by atoms with E-state index < -0.39 is 44.7 Å². The van der Waals surface area contributed by atoms with E-state index in [2.05, 4.69) is 36.7 Å².